The largest absolute Gasteiger partial charge is 0.376 e. The van der Waals surface area contributed by atoms with Crippen molar-refractivity contribution >= 4 is 0 Å². The minimum Gasteiger partial charge on any atom is -0.376 e. The number of hydrogen-bond donors (Lipinski definition) is 0. The van der Waals surface area contributed by atoms with Crippen molar-refractivity contribution in [2.24, 2.45) is 41.4 Å². The molecule has 2 bridgehead atoms. The van der Waals surface area contributed by atoms with Gasteiger partial charge in [-0.1, -0.05) is 26.8 Å². The summed E-state index contributed by atoms with van der Waals surface area (Å²) in [5, 5.41) is 0. The van der Waals surface area contributed by atoms with E-state index in [0.717, 1.165) is 36.2 Å². The summed E-state index contributed by atoms with van der Waals surface area (Å²) in [6.45, 7) is 21.5. The Morgan fingerprint density at radius 1 is 1.08 bits per heavy atom. The van der Waals surface area contributed by atoms with E-state index in [1.807, 2.05) is 0 Å². The molecule has 0 amide bonds. The summed E-state index contributed by atoms with van der Waals surface area (Å²) < 4.78 is 12.2. The fraction of sp³-hybridized carbons (Fsp3) is 0.917. The van der Waals surface area contributed by atoms with E-state index in [4.69, 9.17) is 9.47 Å². The highest BCUT2D eigenvalue weighted by Gasteiger charge is 2.43. The van der Waals surface area contributed by atoms with Crippen molar-refractivity contribution in [2.75, 3.05) is 13.2 Å². The van der Waals surface area contributed by atoms with Gasteiger partial charge in [-0.15, -0.1) is 6.58 Å². The molecule has 0 aromatic heterocycles. The molecule has 152 valence electrons. The maximum absolute atomic E-state index is 6.39. The summed E-state index contributed by atoms with van der Waals surface area (Å²) in [5.41, 5.74) is -0.200. The highest BCUT2D eigenvalue weighted by Crippen LogP contribution is 2.50. The van der Waals surface area contributed by atoms with E-state index in [2.05, 4.69) is 61.1 Å². The van der Waals surface area contributed by atoms with E-state index in [1.54, 1.807) is 0 Å². The van der Waals surface area contributed by atoms with Crippen LogP contribution in [-0.2, 0) is 9.47 Å². The first kappa shape index (κ1) is 22.0. The predicted octanol–water partition coefficient (Wildman–Crippen LogP) is 6.35. The quantitative estimate of drug-likeness (QED) is 0.467. The number of ether oxygens (including phenoxy) is 2. The molecule has 0 radical (unpaired) electrons. The van der Waals surface area contributed by atoms with Gasteiger partial charge in [-0.05, 0) is 94.8 Å². The van der Waals surface area contributed by atoms with Gasteiger partial charge in [-0.3, -0.25) is 0 Å². The van der Waals surface area contributed by atoms with Gasteiger partial charge in [0, 0.05) is 0 Å². The van der Waals surface area contributed by atoms with Crippen LogP contribution in [-0.4, -0.2) is 24.9 Å². The lowest BCUT2D eigenvalue weighted by atomic mass is 9.70. The number of hydrogen-bond acceptors (Lipinski definition) is 2. The second-order valence-electron chi connectivity index (χ2n) is 10.4. The average molecular weight is 365 g/mol. The smallest absolute Gasteiger partial charge is 0.0859 e. The normalized spacial score (nSPS) is 35.6. The molecule has 0 heterocycles. The lowest BCUT2D eigenvalue weighted by Crippen LogP contribution is -2.35. The van der Waals surface area contributed by atoms with Crippen molar-refractivity contribution < 1.29 is 9.47 Å². The molecule has 2 rings (SSSR count). The Balaban J connectivity index is 2.02. The van der Waals surface area contributed by atoms with Gasteiger partial charge in [-0.2, -0.15) is 0 Å². The molecule has 0 saturated heterocycles. The molecule has 26 heavy (non-hydrogen) atoms. The van der Waals surface area contributed by atoms with Crippen LogP contribution in [0.4, 0.5) is 0 Å². The molecule has 2 saturated carbocycles. The van der Waals surface area contributed by atoms with Crippen LogP contribution in [0.2, 0.25) is 0 Å². The van der Waals surface area contributed by atoms with Gasteiger partial charge in [0.15, 0.2) is 0 Å². The first-order valence-electron chi connectivity index (χ1n) is 11.0. The molecule has 2 aliphatic rings. The second kappa shape index (κ2) is 9.24. The second-order valence-corrected chi connectivity index (χ2v) is 10.4. The number of allylic oxidation sites excluding steroid dienone is 1. The lowest BCUT2D eigenvalue weighted by Gasteiger charge is -2.36. The van der Waals surface area contributed by atoms with Gasteiger partial charge in [0.05, 0.1) is 24.9 Å². The van der Waals surface area contributed by atoms with Crippen LogP contribution >= 0.6 is 0 Å². The molecule has 6 unspecified atom stereocenters. The maximum atomic E-state index is 6.39. The molecule has 0 aliphatic heterocycles. The molecule has 2 aliphatic carbocycles. The van der Waals surface area contributed by atoms with Crippen molar-refractivity contribution in [3.8, 4) is 0 Å². The number of fused-ring (bicyclic) bond motifs is 2. The van der Waals surface area contributed by atoms with E-state index in [-0.39, 0.29) is 11.7 Å². The fourth-order valence-corrected chi connectivity index (χ4v) is 5.31. The Kier molecular flexibility index (Phi) is 7.80. The molecular weight excluding hydrogens is 320 g/mol. The molecule has 2 heteroatoms. The maximum Gasteiger partial charge on any atom is 0.0859 e. The summed E-state index contributed by atoms with van der Waals surface area (Å²) in [5.74, 6) is 5.39. The van der Waals surface area contributed by atoms with E-state index in [0.29, 0.717) is 18.4 Å². The van der Waals surface area contributed by atoms with Crippen LogP contribution in [0.15, 0.2) is 12.7 Å². The molecule has 2 nitrogen and oxygen atoms in total. The Hall–Kier alpha value is -0.340. The van der Waals surface area contributed by atoms with Crippen LogP contribution < -0.4 is 0 Å². The SMILES string of the molecule is C=CC1CC(C(C)C)CC2CC(COC(C)(C)COC(C)C)C(C2)C1C. The Bertz CT molecular complexity index is 439. The Morgan fingerprint density at radius 3 is 2.35 bits per heavy atom. The van der Waals surface area contributed by atoms with Crippen molar-refractivity contribution in [2.45, 2.75) is 85.9 Å². The predicted molar refractivity (Wildman–Crippen MR) is 111 cm³/mol. The minimum absolute atomic E-state index is 0.200. The molecule has 0 aromatic rings. The van der Waals surface area contributed by atoms with E-state index < -0.39 is 0 Å². The van der Waals surface area contributed by atoms with Crippen molar-refractivity contribution in [1.29, 1.82) is 0 Å². The third-order valence-corrected chi connectivity index (χ3v) is 7.11. The van der Waals surface area contributed by atoms with E-state index in [1.165, 1.54) is 25.7 Å². The van der Waals surface area contributed by atoms with E-state index >= 15 is 0 Å². The summed E-state index contributed by atoms with van der Waals surface area (Å²) in [4.78, 5) is 0. The topological polar surface area (TPSA) is 18.5 Å². The summed E-state index contributed by atoms with van der Waals surface area (Å²) in [6.07, 6.45) is 7.99. The first-order chi connectivity index (χ1) is 12.1. The van der Waals surface area contributed by atoms with Gasteiger partial charge < -0.3 is 9.47 Å². The molecular formula is C24H44O2. The van der Waals surface area contributed by atoms with Crippen LogP contribution in [0.3, 0.4) is 0 Å². The molecule has 2 fully saturated rings. The Morgan fingerprint density at radius 2 is 1.77 bits per heavy atom. The third kappa shape index (κ3) is 5.83. The fourth-order valence-electron chi connectivity index (χ4n) is 5.31. The highest BCUT2D eigenvalue weighted by atomic mass is 16.5. The minimum atomic E-state index is -0.200. The molecule has 6 atom stereocenters. The average Bonchev–Trinajstić information content (AvgIpc) is 2.97. The van der Waals surface area contributed by atoms with Gasteiger partial charge in [0.25, 0.3) is 0 Å². The zero-order chi connectivity index (χ0) is 19.5. The molecule has 0 aromatic carbocycles. The third-order valence-electron chi connectivity index (χ3n) is 7.11. The van der Waals surface area contributed by atoms with Crippen LogP contribution in [0.1, 0.15) is 74.1 Å². The first-order valence-corrected chi connectivity index (χ1v) is 11.0. The zero-order valence-electron chi connectivity index (χ0n) is 18.5. The van der Waals surface area contributed by atoms with Gasteiger partial charge in [0.1, 0.15) is 0 Å². The Labute approximate surface area is 163 Å². The van der Waals surface area contributed by atoms with E-state index in [9.17, 15) is 0 Å². The zero-order valence-corrected chi connectivity index (χ0v) is 18.5. The van der Waals surface area contributed by atoms with Crippen molar-refractivity contribution in [3.05, 3.63) is 12.7 Å². The summed E-state index contributed by atoms with van der Waals surface area (Å²) >= 11 is 0. The summed E-state index contributed by atoms with van der Waals surface area (Å²) in [6, 6.07) is 0. The van der Waals surface area contributed by atoms with Crippen LogP contribution in [0.5, 0.6) is 0 Å². The van der Waals surface area contributed by atoms with Gasteiger partial charge >= 0.3 is 0 Å². The van der Waals surface area contributed by atoms with Gasteiger partial charge in [0.2, 0.25) is 0 Å². The standard InChI is InChI=1S/C24H44O2/c1-9-20-13-21(16(2)3)10-19-11-22(23(12-19)18(20)6)14-26-24(7,8)15-25-17(4)5/h9,16-23H,1,10-15H2,2-8H3. The number of rotatable bonds is 8. The lowest BCUT2D eigenvalue weighted by molar-refractivity contribution is -0.102. The van der Waals surface area contributed by atoms with Crippen molar-refractivity contribution in [1.82, 2.24) is 0 Å². The van der Waals surface area contributed by atoms with Crippen LogP contribution in [0.25, 0.3) is 0 Å². The molecule has 0 spiro atoms. The monoisotopic (exact) mass is 364 g/mol. The van der Waals surface area contributed by atoms with Crippen molar-refractivity contribution in [3.63, 3.8) is 0 Å². The highest BCUT2D eigenvalue weighted by molar-refractivity contribution is 4.97. The molecule has 0 N–H and O–H groups in total. The summed E-state index contributed by atoms with van der Waals surface area (Å²) in [7, 11) is 0. The van der Waals surface area contributed by atoms with Gasteiger partial charge in [-0.25, -0.2) is 0 Å². The van der Waals surface area contributed by atoms with Crippen LogP contribution in [0, 0.1) is 41.4 Å².